The fourth-order valence-electron chi connectivity index (χ4n) is 2.29. The van der Waals surface area contributed by atoms with E-state index in [0.29, 0.717) is 5.69 Å². The summed E-state index contributed by atoms with van der Waals surface area (Å²) in [6.45, 7) is 1.62. The van der Waals surface area contributed by atoms with Crippen molar-refractivity contribution in [1.82, 2.24) is 9.55 Å². The molecule has 0 atom stereocenters. The second kappa shape index (κ2) is 7.09. The van der Waals surface area contributed by atoms with Crippen molar-refractivity contribution in [3.05, 3.63) is 63.5 Å². The SMILES string of the molecule is CCOC(=O)Oc1cn(-c2ccc(F)cc2)c2nc(Cl)c(F)cc2c1=O. The Kier molecular flexibility index (Phi) is 4.85. The van der Waals surface area contributed by atoms with Crippen molar-refractivity contribution in [2.24, 2.45) is 0 Å². The zero-order valence-corrected chi connectivity index (χ0v) is 14.1. The summed E-state index contributed by atoms with van der Waals surface area (Å²) in [5, 5.41) is -0.607. The largest absolute Gasteiger partial charge is 0.514 e. The van der Waals surface area contributed by atoms with Gasteiger partial charge in [-0.25, -0.2) is 18.6 Å². The van der Waals surface area contributed by atoms with E-state index in [4.69, 9.17) is 16.3 Å². The molecule has 0 spiro atoms. The van der Waals surface area contributed by atoms with Gasteiger partial charge in [-0.3, -0.25) is 9.36 Å². The van der Waals surface area contributed by atoms with Crippen molar-refractivity contribution in [3.8, 4) is 11.4 Å². The second-order valence-electron chi connectivity index (χ2n) is 5.09. The average Bonchev–Trinajstić information content (AvgIpc) is 2.60. The molecule has 0 aliphatic rings. The van der Waals surface area contributed by atoms with Crippen LogP contribution in [0.1, 0.15) is 6.92 Å². The Bertz CT molecular complexity index is 1050. The molecular weight excluding hydrogens is 370 g/mol. The van der Waals surface area contributed by atoms with Crippen LogP contribution in [0.4, 0.5) is 13.6 Å². The number of aromatic nitrogens is 2. The first-order valence-corrected chi connectivity index (χ1v) is 7.80. The zero-order chi connectivity index (χ0) is 18.8. The molecule has 9 heteroatoms. The van der Waals surface area contributed by atoms with Crippen LogP contribution < -0.4 is 10.2 Å². The highest BCUT2D eigenvalue weighted by atomic mass is 35.5. The Morgan fingerprint density at radius 3 is 2.62 bits per heavy atom. The van der Waals surface area contributed by atoms with E-state index in [-0.39, 0.29) is 17.6 Å². The van der Waals surface area contributed by atoms with Gasteiger partial charge in [-0.2, -0.15) is 0 Å². The molecule has 6 nitrogen and oxygen atoms in total. The van der Waals surface area contributed by atoms with Gasteiger partial charge < -0.3 is 9.47 Å². The summed E-state index contributed by atoms with van der Waals surface area (Å²) in [4.78, 5) is 28.0. The third kappa shape index (κ3) is 3.36. The Morgan fingerprint density at radius 2 is 1.96 bits per heavy atom. The van der Waals surface area contributed by atoms with E-state index < -0.39 is 34.1 Å². The van der Waals surface area contributed by atoms with Gasteiger partial charge in [0.2, 0.25) is 5.43 Å². The predicted octanol–water partition coefficient (Wildman–Crippen LogP) is 3.85. The average molecular weight is 381 g/mol. The summed E-state index contributed by atoms with van der Waals surface area (Å²) in [6.07, 6.45) is 0.0905. The minimum atomic E-state index is -1.09. The molecule has 0 unspecified atom stereocenters. The van der Waals surface area contributed by atoms with Crippen LogP contribution in [0.25, 0.3) is 16.7 Å². The Morgan fingerprint density at radius 1 is 1.27 bits per heavy atom. The first kappa shape index (κ1) is 17.8. The fraction of sp³-hybridized carbons (Fsp3) is 0.118. The van der Waals surface area contributed by atoms with Crippen LogP contribution in [0.15, 0.2) is 41.3 Å². The molecule has 0 aliphatic heterocycles. The first-order valence-electron chi connectivity index (χ1n) is 7.42. The summed E-state index contributed by atoms with van der Waals surface area (Å²) in [7, 11) is 0. The van der Waals surface area contributed by atoms with Crippen molar-refractivity contribution < 1.29 is 23.0 Å². The predicted molar refractivity (Wildman–Crippen MR) is 89.9 cm³/mol. The van der Waals surface area contributed by atoms with Crippen molar-refractivity contribution in [2.75, 3.05) is 6.61 Å². The van der Waals surface area contributed by atoms with Crippen molar-refractivity contribution >= 4 is 28.8 Å². The summed E-state index contributed by atoms with van der Waals surface area (Å²) < 4.78 is 37.9. The third-order valence-electron chi connectivity index (χ3n) is 3.42. The van der Waals surface area contributed by atoms with Gasteiger partial charge in [0.05, 0.1) is 18.2 Å². The second-order valence-corrected chi connectivity index (χ2v) is 5.44. The number of carbonyl (C=O) groups excluding carboxylic acids is 1. The number of benzene rings is 1. The number of halogens is 3. The number of pyridine rings is 2. The maximum Gasteiger partial charge on any atom is 0.514 e. The van der Waals surface area contributed by atoms with E-state index in [1.54, 1.807) is 6.92 Å². The fourth-order valence-corrected chi connectivity index (χ4v) is 2.42. The molecule has 0 N–H and O–H groups in total. The monoisotopic (exact) mass is 380 g/mol. The van der Waals surface area contributed by atoms with E-state index in [0.717, 1.165) is 6.07 Å². The van der Waals surface area contributed by atoms with Crippen LogP contribution in [0.5, 0.6) is 5.75 Å². The van der Waals surface area contributed by atoms with Crippen molar-refractivity contribution in [2.45, 2.75) is 6.92 Å². The number of hydrogen-bond acceptors (Lipinski definition) is 5. The van der Waals surface area contributed by atoms with Gasteiger partial charge in [0.25, 0.3) is 0 Å². The van der Waals surface area contributed by atoms with E-state index in [9.17, 15) is 18.4 Å². The number of hydrogen-bond donors (Lipinski definition) is 0. The van der Waals surface area contributed by atoms with Gasteiger partial charge in [0.1, 0.15) is 5.82 Å². The molecule has 26 heavy (non-hydrogen) atoms. The molecule has 3 rings (SSSR count). The van der Waals surface area contributed by atoms with Gasteiger partial charge in [-0.15, -0.1) is 0 Å². The Labute approximate surface area is 150 Å². The van der Waals surface area contributed by atoms with Crippen LogP contribution in [-0.2, 0) is 4.74 Å². The van der Waals surface area contributed by atoms with Gasteiger partial charge in [-0.05, 0) is 37.3 Å². The number of carbonyl (C=O) groups is 1. The lowest BCUT2D eigenvalue weighted by Gasteiger charge is -2.13. The molecule has 0 bridgehead atoms. The molecule has 3 aromatic rings. The number of nitrogens with zero attached hydrogens (tertiary/aromatic N) is 2. The number of fused-ring (bicyclic) bond motifs is 1. The minimum Gasteiger partial charge on any atom is -0.434 e. The molecule has 2 heterocycles. The smallest absolute Gasteiger partial charge is 0.434 e. The molecule has 0 saturated heterocycles. The van der Waals surface area contributed by atoms with Crippen molar-refractivity contribution in [3.63, 3.8) is 0 Å². The van der Waals surface area contributed by atoms with Crippen LogP contribution >= 0.6 is 11.6 Å². The van der Waals surface area contributed by atoms with E-state index in [1.165, 1.54) is 35.0 Å². The highest BCUT2D eigenvalue weighted by molar-refractivity contribution is 6.29. The third-order valence-corrected chi connectivity index (χ3v) is 3.68. The lowest BCUT2D eigenvalue weighted by atomic mass is 10.2. The van der Waals surface area contributed by atoms with Crippen LogP contribution in [0, 0.1) is 11.6 Å². The summed E-state index contributed by atoms with van der Waals surface area (Å²) in [5.74, 6) is -1.78. The van der Waals surface area contributed by atoms with E-state index >= 15 is 0 Å². The summed E-state index contributed by atoms with van der Waals surface area (Å²) in [6, 6.07) is 6.09. The minimum absolute atomic E-state index is 0.0178. The normalized spacial score (nSPS) is 10.8. The maximum atomic E-state index is 13.8. The lowest BCUT2D eigenvalue weighted by molar-refractivity contribution is 0.104. The van der Waals surface area contributed by atoms with Crippen molar-refractivity contribution in [1.29, 1.82) is 0 Å². The van der Waals surface area contributed by atoms with Gasteiger partial charge >= 0.3 is 6.16 Å². The zero-order valence-electron chi connectivity index (χ0n) is 13.3. The van der Waals surface area contributed by atoms with Gasteiger partial charge in [0.15, 0.2) is 22.4 Å². The van der Waals surface area contributed by atoms with E-state index in [1.807, 2.05) is 0 Å². The highest BCUT2D eigenvalue weighted by Gasteiger charge is 2.18. The number of ether oxygens (including phenoxy) is 2. The molecule has 0 saturated carbocycles. The van der Waals surface area contributed by atoms with Crippen LogP contribution in [0.3, 0.4) is 0 Å². The molecule has 2 aromatic heterocycles. The molecular formula is C17H11ClF2N2O4. The van der Waals surface area contributed by atoms with Gasteiger partial charge in [-0.1, -0.05) is 11.6 Å². The quantitative estimate of drug-likeness (QED) is 0.510. The van der Waals surface area contributed by atoms with Crippen LogP contribution in [0.2, 0.25) is 5.15 Å². The van der Waals surface area contributed by atoms with Crippen LogP contribution in [-0.4, -0.2) is 22.3 Å². The van der Waals surface area contributed by atoms with E-state index in [2.05, 4.69) is 9.72 Å². The molecule has 0 fully saturated rings. The summed E-state index contributed by atoms with van der Waals surface area (Å²) >= 11 is 5.72. The molecule has 1 aromatic carbocycles. The standard InChI is InChI=1S/C17H11ClF2N2O4/c1-2-25-17(24)26-13-8-22(10-5-3-9(19)4-6-10)16-11(14(13)23)7-12(20)15(18)21-16/h3-8H,2H2,1H3. The Balaban J connectivity index is 2.28. The summed E-state index contributed by atoms with van der Waals surface area (Å²) in [5.41, 5.74) is -0.362. The first-order chi connectivity index (χ1) is 12.4. The topological polar surface area (TPSA) is 70.4 Å². The molecule has 134 valence electrons. The Hall–Kier alpha value is -3.00. The van der Waals surface area contributed by atoms with Gasteiger partial charge in [0, 0.05) is 5.69 Å². The molecule has 0 aliphatic carbocycles. The lowest BCUT2D eigenvalue weighted by Crippen LogP contribution is -2.19. The number of rotatable bonds is 3. The molecule has 0 amide bonds. The highest BCUT2D eigenvalue weighted by Crippen LogP contribution is 2.23. The molecule has 0 radical (unpaired) electrons. The maximum absolute atomic E-state index is 13.8.